The third-order valence-electron chi connectivity index (χ3n) is 3.78. The number of benzene rings is 2. The van der Waals surface area contributed by atoms with Crippen LogP contribution in [0.2, 0.25) is 5.02 Å². The van der Waals surface area contributed by atoms with E-state index in [4.69, 9.17) is 30.2 Å². The molecule has 0 radical (unpaired) electrons. The van der Waals surface area contributed by atoms with Crippen LogP contribution < -0.4 is 9.47 Å². The van der Waals surface area contributed by atoms with E-state index >= 15 is 0 Å². The quantitative estimate of drug-likeness (QED) is 0.394. The summed E-state index contributed by atoms with van der Waals surface area (Å²) in [5, 5.41) is 8.21. The van der Waals surface area contributed by atoms with E-state index in [9.17, 15) is 4.79 Å². The number of methoxy groups -OCH3 is 1. The summed E-state index contributed by atoms with van der Waals surface area (Å²) < 4.78 is 21.4. The van der Waals surface area contributed by atoms with Gasteiger partial charge in [0.2, 0.25) is 5.89 Å². The Bertz CT molecular complexity index is 1000. The summed E-state index contributed by atoms with van der Waals surface area (Å²) in [6.45, 7) is 2.18. The van der Waals surface area contributed by atoms with E-state index in [0.717, 1.165) is 5.56 Å². The number of hydrogen-bond acceptors (Lipinski definition) is 7. The predicted molar refractivity (Wildman–Crippen MR) is 108 cm³/mol. The summed E-state index contributed by atoms with van der Waals surface area (Å²) in [5.41, 5.74) is 1.45. The third kappa shape index (κ3) is 5.36. The zero-order chi connectivity index (χ0) is 20.6. The van der Waals surface area contributed by atoms with Crippen molar-refractivity contribution >= 4 is 23.6 Å². The fourth-order valence-corrected chi connectivity index (χ4v) is 2.75. The molecule has 0 spiro atoms. The molecule has 0 saturated heterocycles. The molecule has 0 atom stereocenters. The Morgan fingerprint density at radius 3 is 2.72 bits per heavy atom. The molecule has 0 amide bonds. The Kier molecular flexibility index (Phi) is 6.86. The second-order valence-corrected chi connectivity index (χ2v) is 6.18. The van der Waals surface area contributed by atoms with Crippen molar-refractivity contribution in [3.63, 3.8) is 0 Å². The van der Waals surface area contributed by atoms with Crippen LogP contribution in [-0.2, 0) is 16.1 Å². The molecule has 1 aromatic heterocycles. The molecule has 0 aliphatic rings. The van der Waals surface area contributed by atoms with Crippen LogP contribution in [-0.4, -0.2) is 29.9 Å². The third-order valence-corrected chi connectivity index (χ3v) is 4.06. The van der Waals surface area contributed by atoms with E-state index in [-0.39, 0.29) is 12.5 Å². The molecule has 7 nitrogen and oxygen atoms in total. The van der Waals surface area contributed by atoms with Gasteiger partial charge in [-0.1, -0.05) is 29.8 Å². The highest BCUT2D eigenvalue weighted by molar-refractivity contribution is 6.32. The standard InChI is InChI=1S/C21H19ClN2O5/c1-3-27-20-16(22)11-14(12-17(20)26-2)9-10-19(25)28-13-18-23-24-21(29-18)15-7-5-4-6-8-15/h4-12H,3,13H2,1-2H3/b10-9+. The van der Waals surface area contributed by atoms with Crippen LogP contribution in [0.5, 0.6) is 11.5 Å². The number of nitrogens with zero attached hydrogens (tertiary/aromatic N) is 2. The highest BCUT2D eigenvalue weighted by Crippen LogP contribution is 2.36. The van der Waals surface area contributed by atoms with Crippen molar-refractivity contribution in [1.29, 1.82) is 0 Å². The van der Waals surface area contributed by atoms with Gasteiger partial charge < -0.3 is 18.6 Å². The zero-order valence-electron chi connectivity index (χ0n) is 15.9. The molecule has 0 unspecified atom stereocenters. The molecule has 0 bridgehead atoms. The molecule has 0 fully saturated rings. The first-order valence-corrected chi connectivity index (χ1v) is 9.21. The van der Waals surface area contributed by atoms with Crippen LogP contribution in [0, 0.1) is 0 Å². The highest BCUT2D eigenvalue weighted by atomic mass is 35.5. The molecule has 0 saturated carbocycles. The fourth-order valence-electron chi connectivity index (χ4n) is 2.47. The number of hydrogen-bond donors (Lipinski definition) is 0. The summed E-state index contributed by atoms with van der Waals surface area (Å²) in [6.07, 6.45) is 2.84. The molecular formula is C21H19ClN2O5. The number of esters is 1. The van der Waals surface area contributed by atoms with Gasteiger partial charge in [0.25, 0.3) is 5.89 Å². The second-order valence-electron chi connectivity index (χ2n) is 5.78. The van der Waals surface area contributed by atoms with Gasteiger partial charge in [-0.2, -0.15) is 0 Å². The number of halogens is 1. The lowest BCUT2D eigenvalue weighted by molar-refractivity contribution is -0.139. The predicted octanol–water partition coefficient (Wildman–Crippen LogP) is 4.55. The number of ether oxygens (including phenoxy) is 3. The van der Waals surface area contributed by atoms with E-state index in [1.807, 2.05) is 37.3 Å². The number of rotatable bonds is 8. The molecule has 150 valence electrons. The topological polar surface area (TPSA) is 83.7 Å². The Labute approximate surface area is 172 Å². The Hall–Kier alpha value is -3.32. The summed E-state index contributed by atoms with van der Waals surface area (Å²) in [6, 6.07) is 12.7. The average Bonchev–Trinajstić information content (AvgIpc) is 3.22. The van der Waals surface area contributed by atoms with E-state index in [0.29, 0.717) is 34.6 Å². The zero-order valence-corrected chi connectivity index (χ0v) is 16.7. The number of carbonyl (C=O) groups is 1. The van der Waals surface area contributed by atoms with Crippen molar-refractivity contribution in [2.75, 3.05) is 13.7 Å². The van der Waals surface area contributed by atoms with Gasteiger partial charge >= 0.3 is 5.97 Å². The van der Waals surface area contributed by atoms with Crippen molar-refractivity contribution in [1.82, 2.24) is 10.2 Å². The minimum Gasteiger partial charge on any atom is -0.493 e. The van der Waals surface area contributed by atoms with E-state index in [1.54, 1.807) is 18.2 Å². The number of aromatic nitrogens is 2. The molecule has 29 heavy (non-hydrogen) atoms. The average molecular weight is 415 g/mol. The summed E-state index contributed by atoms with van der Waals surface area (Å²) in [5.74, 6) is 0.946. The van der Waals surface area contributed by atoms with Crippen molar-refractivity contribution in [2.24, 2.45) is 0 Å². The molecule has 3 rings (SSSR count). The molecular weight excluding hydrogens is 396 g/mol. The van der Waals surface area contributed by atoms with Gasteiger partial charge in [-0.15, -0.1) is 10.2 Å². The minimum atomic E-state index is -0.562. The molecule has 0 aliphatic heterocycles. The van der Waals surface area contributed by atoms with Gasteiger partial charge in [0, 0.05) is 11.6 Å². The van der Waals surface area contributed by atoms with Crippen LogP contribution in [0.1, 0.15) is 18.4 Å². The van der Waals surface area contributed by atoms with Crippen LogP contribution >= 0.6 is 11.6 Å². The summed E-state index contributed by atoms with van der Waals surface area (Å²) in [7, 11) is 1.52. The minimum absolute atomic E-state index is 0.129. The first-order chi connectivity index (χ1) is 14.1. The lowest BCUT2D eigenvalue weighted by Gasteiger charge is -2.11. The van der Waals surface area contributed by atoms with Crippen molar-refractivity contribution < 1.29 is 23.4 Å². The number of carbonyl (C=O) groups excluding carboxylic acids is 1. The van der Waals surface area contributed by atoms with Gasteiger partial charge in [-0.25, -0.2) is 4.79 Å². The van der Waals surface area contributed by atoms with Crippen molar-refractivity contribution in [3.05, 3.63) is 65.0 Å². The Morgan fingerprint density at radius 1 is 1.21 bits per heavy atom. The molecule has 1 heterocycles. The molecule has 0 N–H and O–H groups in total. The van der Waals surface area contributed by atoms with Crippen LogP contribution in [0.25, 0.3) is 17.5 Å². The fraction of sp³-hybridized carbons (Fsp3) is 0.190. The first kappa shape index (κ1) is 20.4. The normalized spacial score (nSPS) is 10.9. The maximum absolute atomic E-state index is 12.0. The van der Waals surface area contributed by atoms with Gasteiger partial charge in [0.05, 0.1) is 18.7 Å². The first-order valence-electron chi connectivity index (χ1n) is 8.83. The SMILES string of the molecule is CCOc1c(Cl)cc(/C=C/C(=O)OCc2nnc(-c3ccccc3)o2)cc1OC. The van der Waals surface area contributed by atoms with Crippen LogP contribution in [0.3, 0.4) is 0 Å². The van der Waals surface area contributed by atoms with Gasteiger partial charge in [0.15, 0.2) is 18.1 Å². The lowest BCUT2D eigenvalue weighted by atomic mass is 10.2. The summed E-state index contributed by atoms with van der Waals surface area (Å²) >= 11 is 6.22. The monoisotopic (exact) mass is 414 g/mol. The largest absolute Gasteiger partial charge is 0.493 e. The lowest BCUT2D eigenvalue weighted by Crippen LogP contribution is -2.01. The summed E-state index contributed by atoms with van der Waals surface area (Å²) in [4.78, 5) is 12.0. The molecule has 3 aromatic rings. The van der Waals surface area contributed by atoms with E-state index in [1.165, 1.54) is 13.2 Å². The Morgan fingerprint density at radius 2 is 2.00 bits per heavy atom. The highest BCUT2D eigenvalue weighted by Gasteiger charge is 2.12. The van der Waals surface area contributed by atoms with Crippen LogP contribution in [0.4, 0.5) is 0 Å². The maximum atomic E-state index is 12.0. The van der Waals surface area contributed by atoms with Crippen molar-refractivity contribution in [3.8, 4) is 23.0 Å². The van der Waals surface area contributed by atoms with Crippen molar-refractivity contribution in [2.45, 2.75) is 13.5 Å². The maximum Gasteiger partial charge on any atom is 0.331 e. The van der Waals surface area contributed by atoms with Crippen LogP contribution in [0.15, 0.2) is 53.0 Å². The van der Waals surface area contributed by atoms with Gasteiger partial charge in [-0.05, 0) is 42.8 Å². The smallest absolute Gasteiger partial charge is 0.331 e. The van der Waals surface area contributed by atoms with E-state index in [2.05, 4.69) is 10.2 Å². The van der Waals surface area contributed by atoms with Gasteiger partial charge in [-0.3, -0.25) is 0 Å². The van der Waals surface area contributed by atoms with E-state index < -0.39 is 5.97 Å². The Balaban J connectivity index is 1.60. The molecule has 0 aliphatic carbocycles. The molecule has 2 aromatic carbocycles. The molecule has 8 heteroatoms. The van der Waals surface area contributed by atoms with Gasteiger partial charge in [0.1, 0.15) is 0 Å². The second kappa shape index (κ2) is 9.75.